The number of aliphatic hydroxyl groups is 1. The second-order valence-corrected chi connectivity index (χ2v) is 7.34. The van der Waals surface area contributed by atoms with Crippen molar-refractivity contribution in [1.82, 2.24) is 14.9 Å². The van der Waals surface area contributed by atoms with Crippen LogP contribution in [0.1, 0.15) is 34.7 Å². The monoisotopic (exact) mass is 357 g/mol. The number of oxazole rings is 1. The molecular weight excluding hydrogens is 334 g/mol. The van der Waals surface area contributed by atoms with E-state index in [1.807, 2.05) is 26.0 Å². The standard InChI is InChI=1S/C19H23N3O4/c1-11-3-4-17(12(2)21-11)26-18-6-14-8-22(7-13(14)5-16(18)23)19(24)15-9-25-10-20-15/h3-4,9-10,13-14,16,18,23H,5-8H2,1-2H3/t13-,14+,16+,18+/m0/s1. The normalized spacial score (nSPS) is 28.0. The molecule has 2 fully saturated rings. The van der Waals surface area contributed by atoms with Gasteiger partial charge in [0, 0.05) is 18.8 Å². The van der Waals surface area contributed by atoms with Crippen molar-refractivity contribution < 1.29 is 19.1 Å². The van der Waals surface area contributed by atoms with E-state index in [0.29, 0.717) is 36.9 Å². The molecule has 1 aliphatic heterocycles. The molecule has 1 saturated carbocycles. The summed E-state index contributed by atoms with van der Waals surface area (Å²) in [6, 6.07) is 3.82. The molecule has 7 nitrogen and oxygen atoms in total. The highest BCUT2D eigenvalue weighted by molar-refractivity contribution is 5.92. The lowest BCUT2D eigenvalue weighted by molar-refractivity contribution is -0.0236. The SMILES string of the molecule is Cc1ccc(O[C@@H]2C[C@@H]3CN(C(=O)c4cocn4)C[C@@H]3C[C@H]2O)c(C)n1. The second kappa shape index (κ2) is 6.72. The average Bonchev–Trinajstić information content (AvgIpc) is 3.26. The molecular formula is C19H23N3O4. The van der Waals surface area contributed by atoms with Gasteiger partial charge in [-0.2, -0.15) is 0 Å². The van der Waals surface area contributed by atoms with Crippen molar-refractivity contribution in [2.24, 2.45) is 11.8 Å². The Kier molecular flexibility index (Phi) is 4.40. The van der Waals surface area contributed by atoms with Crippen molar-refractivity contribution in [1.29, 1.82) is 0 Å². The van der Waals surface area contributed by atoms with E-state index in [4.69, 9.17) is 9.15 Å². The Bertz CT molecular complexity index is 792. The molecule has 0 unspecified atom stereocenters. The van der Waals surface area contributed by atoms with E-state index in [-0.39, 0.29) is 17.9 Å². The molecule has 26 heavy (non-hydrogen) atoms. The Morgan fingerprint density at radius 1 is 1.27 bits per heavy atom. The number of pyridine rings is 1. The number of hydrogen-bond acceptors (Lipinski definition) is 6. The van der Waals surface area contributed by atoms with Gasteiger partial charge in [-0.3, -0.25) is 9.78 Å². The number of aliphatic hydroxyl groups excluding tert-OH is 1. The molecule has 2 aliphatic rings. The predicted molar refractivity (Wildman–Crippen MR) is 92.8 cm³/mol. The number of amides is 1. The number of carbonyl (C=O) groups excluding carboxylic acids is 1. The van der Waals surface area contributed by atoms with E-state index >= 15 is 0 Å². The summed E-state index contributed by atoms with van der Waals surface area (Å²) in [6.45, 7) is 5.16. The molecule has 1 N–H and O–H groups in total. The highest BCUT2D eigenvalue weighted by Gasteiger charge is 2.44. The van der Waals surface area contributed by atoms with Crippen LogP contribution in [0.15, 0.2) is 29.2 Å². The Hall–Kier alpha value is -2.41. The molecule has 1 saturated heterocycles. The minimum Gasteiger partial charge on any atom is -0.486 e. The molecule has 2 aromatic heterocycles. The number of nitrogens with zero attached hydrogens (tertiary/aromatic N) is 3. The van der Waals surface area contributed by atoms with E-state index in [1.165, 1.54) is 12.7 Å². The number of ether oxygens (including phenoxy) is 1. The smallest absolute Gasteiger partial charge is 0.275 e. The third-order valence-electron chi connectivity index (χ3n) is 5.48. The molecule has 138 valence electrons. The lowest BCUT2D eigenvalue weighted by Gasteiger charge is -2.35. The predicted octanol–water partition coefficient (Wildman–Crippen LogP) is 1.98. The molecule has 0 radical (unpaired) electrons. The molecule has 4 atom stereocenters. The summed E-state index contributed by atoms with van der Waals surface area (Å²) >= 11 is 0. The van der Waals surface area contributed by atoms with Crippen molar-refractivity contribution in [3.63, 3.8) is 0 Å². The summed E-state index contributed by atoms with van der Waals surface area (Å²) in [4.78, 5) is 22.7. The van der Waals surface area contributed by atoms with Gasteiger partial charge >= 0.3 is 0 Å². The molecule has 0 spiro atoms. The first-order valence-electron chi connectivity index (χ1n) is 8.97. The van der Waals surface area contributed by atoms with Gasteiger partial charge in [0.05, 0.1) is 11.8 Å². The number of fused-ring (bicyclic) bond motifs is 1. The summed E-state index contributed by atoms with van der Waals surface area (Å²) in [5, 5.41) is 10.6. The van der Waals surface area contributed by atoms with Crippen molar-refractivity contribution in [3.05, 3.63) is 41.9 Å². The number of carbonyl (C=O) groups is 1. The molecule has 0 aromatic carbocycles. The zero-order valence-corrected chi connectivity index (χ0v) is 15.0. The van der Waals surface area contributed by atoms with Gasteiger partial charge in [-0.05, 0) is 50.7 Å². The summed E-state index contributed by atoms with van der Waals surface area (Å²) in [5.41, 5.74) is 2.10. The minimum absolute atomic E-state index is 0.112. The van der Waals surface area contributed by atoms with Crippen LogP contribution in [-0.2, 0) is 0 Å². The van der Waals surface area contributed by atoms with Crippen LogP contribution < -0.4 is 4.74 Å². The van der Waals surface area contributed by atoms with Crippen molar-refractivity contribution in [3.8, 4) is 5.75 Å². The van der Waals surface area contributed by atoms with Crippen LogP contribution in [0, 0.1) is 25.7 Å². The summed E-state index contributed by atoms with van der Waals surface area (Å²) in [6.07, 6.45) is 3.18. The van der Waals surface area contributed by atoms with Crippen molar-refractivity contribution >= 4 is 5.91 Å². The summed E-state index contributed by atoms with van der Waals surface area (Å²) in [7, 11) is 0. The summed E-state index contributed by atoms with van der Waals surface area (Å²) < 4.78 is 11.0. The quantitative estimate of drug-likeness (QED) is 0.904. The fraction of sp³-hybridized carbons (Fsp3) is 0.526. The third-order valence-corrected chi connectivity index (χ3v) is 5.48. The van der Waals surface area contributed by atoms with Gasteiger partial charge in [0.2, 0.25) is 0 Å². The van der Waals surface area contributed by atoms with Gasteiger partial charge in [0.1, 0.15) is 18.1 Å². The molecule has 1 amide bonds. The Morgan fingerprint density at radius 3 is 2.73 bits per heavy atom. The van der Waals surface area contributed by atoms with Crippen molar-refractivity contribution in [2.45, 2.75) is 38.9 Å². The van der Waals surface area contributed by atoms with Crippen LogP contribution in [0.5, 0.6) is 5.75 Å². The fourth-order valence-electron chi connectivity index (χ4n) is 4.12. The second-order valence-electron chi connectivity index (χ2n) is 7.34. The molecule has 2 aromatic rings. The molecule has 0 bridgehead atoms. The zero-order valence-electron chi connectivity index (χ0n) is 15.0. The van der Waals surface area contributed by atoms with E-state index in [0.717, 1.165) is 17.8 Å². The van der Waals surface area contributed by atoms with Crippen molar-refractivity contribution in [2.75, 3.05) is 13.1 Å². The maximum Gasteiger partial charge on any atom is 0.275 e. The van der Waals surface area contributed by atoms with E-state index in [2.05, 4.69) is 9.97 Å². The van der Waals surface area contributed by atoms with Crippen LogP contribution in [-0.4, -0.2) is 51.2 Å². The average molecular weight is 357 g/mol. The number of rotatable bonds is 3. The van der Waals surface area contributed by atoms with Gasteiger partial charge in [-0.25, -0.2) is 4.98 Å². The Morgan fingerprint density at radius 2 is 2.04 bits per heavy atom. The first-order chi connectivity index (χ1) is 12.5. The van der Waals surface area contributed by atoms with Gasteiger partial charge in [0.15, 0.2) is 12.1 Å². The van der Waals surface area contributed by atoms with E-state index < -0.39 is 6.10 Å². The Labute approximate surface area is 152 Å². The zero-order chi connectivity index (χ0) is 18.3. The van der Waals surface area contributed by atoms with Gasteiger partial charge < -0.3 is 19.2 Å². The largest absolute Gasteiger partial charge is 0.486 e. The van der Waals surface area contributed by atoms with Crippen LogP contribution in [0.2, 0.25) is 0 Å². The molecule has 4 rings (SSSR count). The van der Waals surface area contributed by atoms with Crippen LogP contribution in [0.3, 0.4) is 0 Å². The summed E-state index contributed by atoms with van der Waals surface area (Å²) in [5.74, 6) is 1.21. The highest BCUT2D eigenvalue weighted by Crippen LogP contribution is 2.38. The Balaban J connectivity index is 1.43. The number of likely N-dealkylation sites (tertiary alicyclic amines) is 1. The first kappa shape index (κ1) is 17.0. The van der Waals surface area contributed by atoms with Gasteiger partial charge in [-0.15, -0.1) is 0 Å². The number of aromatic nitrogens is 2. The van der Waals surface area contributed by atoms with Crippen LogP contribution in [0.4, 0.5) is 0 Å². The highest BCUT2D eigenvalue weighted by atomic mass is 16.5. The minimum atomic E-state index is -0.543. The first-order valence-corrected chi connectivity index (χ1v) is 8.97. The van der Waals surface area contributed by atoms with Gasteiger partial charge in [0.25, 0.3) is 5.91 Å². The molecule has 7 heteroatoms. The van der Waals surface area contributed by atoms with Gasteiger partial charge in [-0.1, -0.05) is 0 Å². The van der Waals surface area contributed by atoms with E-state index in [1.54, 1.807) is 4.90 Å². The number of hydrogen-bond donors (Lipinski definition) is 1. The topological polar surface area (TPSA) is 88.7 Å². The fourth-order valence-corrected chi connectivity index (χ4v) is 4.12. The number of aryl methyl sites for hydroxylation is 2. The lowest BCUT2D eigenvalue weighted by Crippen LogP contribution is -2.42. The maximum absolute atomic E-state index is 12.5. The van der Waals surface area contributed by atoms with Crippen LogP contribution in [0.25, 0.3) is 0 Å². The molecule has 3 heterocycles. The maximum atomic E-state index is 12.5. The third kappa shape index (κ3) is 3.19. The lowest BCUT2D eigenvalue weighted by atomic mass is 9.78. The van der Waals surface area contributed by atoms with E-state index in [9.17, 15) is 9.90 Å². The van der Waals surface area contributed by atoms with Crippen LogP contribution >= 0.6 is 0 Å². The molecule has 1 aliphatic carbocycles.